The molecule has 0 aromatic heterocycles. The first-order chi connectivity index (χ1) is 13.7. The molecule has 0 bridgehead atoms. The molecule has 2 aromatic carbocycles. The molecule has 1 heterocycles. The summed E-state index contributed by atoms with van der Waals surface area (Å²) in [6.45, 7) is 7.18. The van der Waals surface area contributed by atoms with Crippen LogP contribution < -0.4 is 10.1 Å². The van der Waals surface area contributed by atoms with Gasteiger partial charge in [0.2, 0.25) is 0 Å². The lowest BCUT2D eigenvalue weighted by Crippen LogP contribution is -2.52. The summed E-state index contributed by atoms with van der Waals surface area (Å²) in [7, 11) is 1.68. The predicted octanol–water partition coefficient (Wildman–Crippen LogP) is 3.12. The Bertz CT molecular complexity index is 756. The fraction of sp³-hybridized carbons (Fsp3) is 0.435. The van der Waals surface area contributed by atoms with E-state index < -0.39 is 0 Å². The van der Waals surface area contributed by atoms with Gasteiger partial charge < -0.3 is 15.0 Å². The first-order valence-electron chi connectivity index (χ1n) is 10.1. The monoisotopic (exact) mass is 381 g/mol. The fourth-order valence-electron chi connectivity index (χ4n) is 3.63. The van der Waals surface area contributed by atoms with E-state index >= 15 is 0 Å². The van der Waals surface area contributed by atoms with E-state index in [1.165, 1.54) is 11.1 Å². The molecule has 0 aliphatic carbocycles. The van der Waals surface area contributed by atoms with Crippen molar-refractivity contribution in [1.29, 1.82) is 0 Å². The third-order valence-corrected chi connectivity index (χ3v) is 5.33. The maximum Gasteiger partial charge on any atom is 0.317 e. The molecule has 1 aliphatic heterocycles. The number of hydrogen-bond acceptors (Lipinski definition) is 3. The van der Waals surface area contributed by atoms with E-state index in [9.17, 15) is 4.79 Å². The van der Waals surface area contributed by atoms with E-state index in [1.807, 2.05) is 17.0 Å². The topological polar surface area (TPSA) is 44.8 Å². The minimum absolute atomic E-state index is 0.0364. The predicted molar refractivity (Wildman–Crippen MR) is 113 cm³/mol. The first kappa shape index (κ1) is 20.2. The molecule has 1 N–H and O–H groups in total. The second kappa shape index (κ2) is 10.1. The summed E-state index contributed by atoms with van der Waals surface area (Å²) < 4.78 is 5.41. The summed E-state index contributed by atoms with van der Waals surface area (Å²) >= 11 is 0. The van der Waals surface area contributed by atoms with Crippen LogP contribution in [0.25, 0.3) is 0 Å². The summed E-state index contributed by atoms with van der Waals surface area (Å²) in [5, 5.41) is 3.06. The Morgan fingerprint density at radius 2 is 1.79 bits per heavy atom. The van der Waals surface area contributed by atoms with Crippen molar-refractivity contribution in [3.8, 4) is 5.75 Å². The molecule has 5 nitrogen and oxygen atoms in total. The van der Waals surface area contributed by atoms with Gasteiger partial charge in [0.1, 0.15) is 5.75 Å². The minimum atomic E-state index is 0.0364. The van der Waals surface area contributed by atoms with E-state index in [0.29, 0.717) is 6.54 Å². The van der Waals surface area contributed by atoms with Gasteiger partial charge in [-0.3, -0.25) is 4.90 Å². The highest BCUT2D eigenvalue weighted by atomic mass is 16.5. The van der Waals surface area contributed by atoms with Crippen molar-refractivity contribution in [3.63, 3.8) is 0 Å². The largest absolute Gasteiger partial charge is 0.496 e. The molecule has 0 saturated carbocycles. The van der Waals surface area contributed by atoms with E-state index in [2.05, 4.69) is 53.5 Å². The highest BCUT2D eigenvalue weighted by Crippen LogP contribution is 2.19. The van der Waals surface area contributed by atoms with Gasteiger partial charge in [-0.2, -0.15) is 0 Å². The molecule has 1 aliphatic rings. The van der Waals surface area contributed by atoms with Gasteiger partial charge in [0.25, 0.3) is 0 Å². The number of carbonyl (C=O) groups excluding carboxylic acids is 1. The van der Waals surface area contributed by atoms with Crippen LogP contribution in [0.2, 0.25) is 0 Å². The van der Waals surface area contributed by atoms with E-state index in [4.69, 9.17) is 4.74 Å². The molecular formula is C23H31N3O2. The van der Waals surface area contributed by atoms with Crippen molar-refractivity contribution < 1.29 is 9.53 Å². The van der Waals surface area contributed by atoms with Gasteiger partial charge in [0.05, 0.1) is 7.11 Å². The second-order valence-corrected chi connectivity index (χ2v) is 7.36. The summed E-state index contributed by atoms with van der Waals surface area (Å²) in [4.78, 5) is 16.8. The minimum Gasteiger partial charge on any atom is -0.496 e. The normalized spacial score (nSPS) is 14.7. The van der Waals surface area contributed by atoms with Crippen LogP contribution in [0, 0.1) is 6.92 Å². The molecular weight excluding hydrogens is 350 g/mol. The Balaban J connectivity index is 1.38. The number of carbonyl (C=O) groups is 1. The lowest BCUT2D eigenvalue weighted by atomic mass is 10.1. The second-order valence-electron chi connectivity index (χ2n) is 7.36. The van der Waals surface area contributed by atoms with E-state index in [0.717, 1.165) is 56.9 Å². The Morgan fingerprint density at radius 1 is 1.04 bits per heavy atom. The Morgan fingerprint density at radius 3 is 2.50 bits per heavy atom. The molecule has 2 aromatic rings. The Labute approximate surface area is 168 Å². The highest BCUT2D eigenvalue weighted by Gasteiger charge is 2.20. The first-order valence-corrected chi connectivity index (χ1v) is 10.1. The van der Waals surface area contributed by atoms with Gasteiger partial charge in [0, 0.05) is 39.3 Å². The summed E-state index contributed by atoms with van der Waals surface area (Å²) in [5.41, 5.74) is 3.71. The number of hydrogen-bond donors (Lipinski definition) is 1. The van der Waals surface area contributed by atoms with Crippen molar-refractivity contribution in [2.75, 3.05) is 46.4 Å². The quantitative estimate of drug-likeness (QED) is 0.802. The van der Waals surface area contributed by atoms with Crippen LogP contribution >= 0.6 is 0 Å². The zero-order chi connectivity index (χ0) is 19.8. The van der Waals surface area contributed by atoms with Crippen LogP contribution in [-0.2, 0) is 12.8 Å². The van der Waals surface area contributed by atoms with Gasteiger partial charge >= 0.3 is 6.03 Å². The maximum absolute atomic E-state index is 12.5. The number of nitrogens with one attached hydrogen (secondary N) is 1. The summed E-state index contributed by atoms with van der Waals surface area (Å²) in [6, 6.07) is 16.8. The van der Waals surface area contributed by atoms with Crippen molar-refractivity contribution >= 4 is 6.03 Å². The molecule has 2 amide bonds. The summed E-state index contributed by atoms with van der Waals surface area (Å²) in [6.07, 6.45) is 1.83. The molecule has 3 rings (SSSR count). The van der Waals surface area contributed by atoms with Crippen LogP contribution in [0.15, 0.2) is 48.5 Å². The molecule has 0 atom stereocenters. The number of piperazine rings is 1. The summed E-state index contributed by atoms with van der Waals surface area (Å²) in [5.74, 6) is 0.881. The number of amides is 2. The van der Waals surface area contributed by atoms with Gasteiger partial charge in [-0.25, -0.2) is 4.79 Å². The van der Waals surface area contributed by atoms with E-state index in [-0.39, 0.29) is 6.03 Å². The number of nitrogens with zero attached hydrogens (tertiary/aromatic N) is 2. The average molecular weight is 382 g/mol. The molecule has 1 saturated heterocycles. The zero-order valence-corrected chi connectivity index (χ0v) is 17.0. The Hall–Kier alpha value is -2.53. The van der Waals surface area contributed by atoms with Gasteiger partial charge in [-0.1, -0.05) is 48.0 Å². The van der Waals surface area contributed by atoms with Crippen molar-refractivity contribution in [2.45, 2.75) is 19.8 Å². The van der Waals surface area contributed by atoms with Crippen LogP contribution in [0.1, 0.15) is 16.7 Å². The van der Waals surface area contributed by atoms with Crippen LogP contribution in [0.4, 0.5) is 4.79 Å². The zero-order valence-electron chi connectivity index (χ0n) is 17.0. The fourth-order valence-corrected chi connectivity index (χ4v) is 3.63. The smallest absolute Gasteiger partial charge is 0.317 e. The molecule has 0 unspecified atom stereocenters. The third kappa shape index (κ3) is 5.73. The number of methoxy groups -OCH3 is 1. The van der Waals surface area contributed by atoms with Crippen molar-refractivity contribution in [1.82, 2.24) is 15.1 Å². The van der Waals surface area contributed by atoms with Crippen molar-refractivity contribution in [3.05, 3.63) is 65.2 Å². The van der Waals surface area contributed by atoms with E-state index in [1.54, 1.807) is 7.11 Å². The number of urea groups is 1. The number of ether oxygens (including phenoxy) is 1. The lowest BCUT2D eigenvalue weighted by Gasteiger charge is -2.34. The number of rotatable bonds is 7. The third-order valence-electron chi connectivity index (χ3n) is 5.33. The number of benzene rings is 2. The standard InChI is InChI=1S/C23H31N3O2/c1-19-8-9-22(28-2)21(18-19)10-12-24-23(27)26-16-14-25(15-17-26)13-11-20-6-4-3-5-7-20/h3-9,18H,10-17H2,1-2H3,(H,24,27). The molecule has 0 spiro atoms. The van der Waals surface area contributed by atoms with Crippen molar-refractivity contribution in [2.24, 2.45) is 0 Å². The molecule has 1 fully saturated rings. The molecule has 5 heteroatoms. The van der Waals surface area contributed by atoms with Crippen LogP contribution in [0.5, 0.6) is 5.75 Å². The maximum atomic E-state index is 12.5. The number of aryl methyl sites for hydroxylation is 1. The SMILES string of the molecule is COc1ccc(C)cc1CCNC(=O)N1CCN(CCc2ccccc2)CC1. The van der Waals surface area contributed by atoms with Crippen LogP contribution in [0.3, 0.4) is 0 Å². The van der Waals surface area contributed by atoms with Gasteiger partial charge in [-0.05, 0) is 37.0 Å². The van der Waals surface area contributed by atoms with Gasteiger partial charge in [0.15, 0.2) is 0 Å². The van der Waals surface area contributed by atoms with Crippen LogP contribution in [-0.4, -0.2) is 62.2 Å². The average Bonchev–Trinajstić information content (AvgIpc) is 2.73. The molecule has 28 heavy (non-hydrogen) atoms. The molecule has 150 valence electrons. The Kier molecular flexibility index (Phi) is 7.31. The van der Waals surface area contributed by atoms with Gasteiger partial charge in [-0.15, -0.1) is 0 Å². The lowest BCUT2D eigenvalue weighted by molar-refractivity contribution is 0.140. The molecule has 0 radical (unpaired) electrons. The highest BCUT2D eigenvalue weighted by molar-refractivity contribution is 5.74.